The molecule has 3 aliphatic rings. The van der Waals surface area contributed by atoms with Crippen molar-refractivity contribution < 1.29 is 4.74 Å². The predicted molar refractivity (Wildman–Crippen MR) is 59.7 cm³/mol. The van der Waals surface area contributed by atoms with Crippen molar-refractivity contribution >= 4 is 0 Å². The van der Waals surface area contributed by atoms with Crippen LogP contribution in [0.5, 0.6) is 0 Å². The molecular weight excluding hydrogens is 188 g/mol. The van der Waals surface area contributed by atoms with E-state index in [1.807, 2.05) is 0 Å². The second kappa shape index (κ2) is 3.72. The lowest BCUT2D eigenvalue weighted by atomic mass is 9.94. The van der Waals surface area contributed by atoms with Gasteiger partial charge in [0, 0.05) is 32.5 Å². The molecule has 2 aliphatic heterocycles. The first-order valence-corrected chi connectivity index (χ1v) is 6.39. The molecule has 1 N–H and O–H groups in total. The van der Waals surface area contributed by atoms with E-state index in [0.717, 1.165) is 18.8 Å². The molecule has 0 aromatic carbocycles. The van der Waals surface area contributed by atoms with Crippen molar-refractivity contribution in [1.29, 1.82) is 0 Å². The minimum Gasteiger partial charge on any atom is -0.357 e. The molecule has 86 valence electrons. The molecule has 0 amide bonds. The van der Waals surface area contributed by atoms with Gasteiger partial charge in [-0.1, -0.05) is 6.42 Å². The van der Waals surface area contributed by atoms with E-state index in [0.29, 0.717) is 6.10 Å². The van der Waals surface area contributed by atoms with Gasteiger partial charge >= 0.3 is 0 Å². The summed E-state index contributed by atoms with van der Waals surface area (Å²) in [6, 6.07) is 0. The van der Waals surface area contributed by atoms with Crippen LogP contribution in [-0.2, 0) is 4.74 Å². The summed E-state index contributed by atoms with van der Waals surface area (Å²) < 4.78 is 6.35. The second-order valence-corrected chi connectivity index (χ2v) is 5.53. The van der Waals surface area contributed by atoms with Gasteiger partial charge in [-0.2, -0.15) is 0 Å². The van der Waals surface area contributed by atoms with Crippen LogP contribution in [0, 0.1) is 5.92 Å². The first-order chi connectivity index (χ1) is 7.27. The molecule has 15 heavy (non-hydrogen) atoms. The third-order valence-corrected chi connectivity index (χ3v) is 4.45. The summed E-state index contributed by atoms with van der Waals surface area (Å²) >= 11 is 0. The Morgan fingerprint density at radius 3 is 2.87 bits per heavy atom. The van der Waals surface area contributed by atoms with Gasteiger partial charge < -0.3 is 9.64 Å². The molecule has 2 unspecified atom stereocenters. The van der Waals surface area contributed by atoms with Gasteiger partial charge in [-0.15, -0.1) is 0 Å². The Kier molecular flexibility index (Phi) is 2.49. The molecule has 2 atom stereocenters. The van der Waals surface area contributed by atoms with E-state index in [1.165, 1.54) is 38.9 Å². The van der Waals surface area contributed by atoms with Gasteiger partial charge in [0.2, 0.25) is 0 Å². The molecule has 0 aromatic rings. The van der Waals surface area contributed by atoms with Gasteiger partial charge in [-0.05, 0) is 25.8 Å². The van der Waals surface area contributed by atoms with Crippen LogP contribution < -0.4 is 5.32 Å². The van der Waals surface area contributed by atoms with E-state index in [2.05, 4.69) is 17.3 Å². The summed E-state index contributed by atoms with van der Waals surface area (Å²) in [7, 11) is 2.20. The highest BCUT2D eigenvalue weighted by Gasteiger charge is 2.44. The molecule has 1 aliphatic carbocycles. The first kappa shape index (κ1) is 10.1. The Labute approximate surface area is 92.2 Å². The fourth-order valence-electron chi connectivity index (χ4n) is 3.31. The van der Waals surface area contributed by atoms with Crippen LogP contribution in [0.15, 0.2) is 0 Å². The molecule has 2 heterocycles. The molecule has 0 aromatic heterocycles. The van der Waals surface area contributed by atoms with Crippen molar-refractivity contribution in [3.05, 3.63) is 0 Å². The Morgan fingerprint density at radius 1 is 1.27 bits per heavy atom. The van der Waals surface area contributed by atoms with Crippen LogP contribution in [0.3, 0.4) is 0 Å². The number of likely N-dealkylation sites (tertiary alicyclic amines) is 1. The molecule has 1 spiro atoms. The number of piperidine rings is 1. The fraction of sp³-hybridized carbons (Fsp3) is 1.00. The van der Waals surface area contributed by atoms with Gasteiger partial charge in [0.25, 0.3) is 0 Å². The van der Waals surface area contributed by atoms with Crippen molar-refractivity contribution in [2.24, 2.45) is 5.92 Å². The maximum Gasteiger partial charge on any atom is 0.122 e. The highest BCUT2D eigenvalue weighted by atomic mass is 16.5. The lowest BCUT2D eigenvalue weighted by Gasteiger charge is -2.47. The Hall–Kier alpha value is -0.120. The third kappa shape index (κ3) is 1.81. The Morgan fingerprint density at radius 2 is 2.07 bits per heavy atom. The number of hydrogen-bond donors (Lipinski definition) is 1. The minimum atomic E-state index is 0.0397. The second-order valence-electron chi connectivity index (χ2n) is 5.53. The quantitative estimate of drug-likeness (QED) is 0.650. The van der Waals surface area contributed by atoms with E-state index in [1.54, 1.807) is 0 Å². The first-order valence-electron chi connectivity index (χ1n) is 6.39. The number of rotatable bonds is 0. The standard InChI is InChI=1S/C12H22N2O/c1-14-7-5-12(6-8-14)13-9-10-3-2-4-11(10)15-12/h10-11,13H,2-9H2,1H3. The monoisotopic (exact) mass is 210 g/mol. The molecule has 0 radical (unpaired) electrons. The van der Waals surface area contributed by atoms with Gasteiger partial charge in [0.1, 0.15) is 5.72 Å². The van der Waals surface area contributed by atoms with E-state index in [-0.39, 0.29) is 5.72 Å². The van der Waals surface area contributed by atoms with Gasteiger partial charge in [0.15, 0.2) is 0 Å². The zero-order valence-corrected chi connectivity index (χ0v) is 9.67. The summed E-state index contributed by atoms with van der Waals surface area (Å²) in [5, 5.41) is 3.68. The SMILES string of the molecule is CN1CCC2(CC1)NCC1CCCC1O2. The lowest BCUT2D eigenvalue weighted by molar-refractivity contribution is -0.177. The van der Waals surface area contributed by atoms with Crippen LogP contribution in [0.1, 0.15) is 32.1 Å². The fourth-order valence-corrected chi connectivity index (χ4v) is 3.31. The van der Waals surface area contributed by atoms with Crippen molar-refractivity contribution in [1.82, 2.24) is 10.2 Å². The minimum absolute atomic E-state index is 0.0397. The van der Waals surface area contributed by atoms with Gasteiger partial charge in [-0.25, -0.2) is 0 Å². The van der Waals surface area contributed by atoms with Crippen LogP contribution in [0.25, 0.3) is 0 Å². The maximum absolute atomic E-state index is 6.35. The average Bonchev–Trinajstić information content (AvgIpc) is 2.70. The van der Waals surface area contributed by atoms with Gasteiger partial charge in [-0.3, -0.25) is 5.32 Å². The van der Waals surface area contributed by atoms with Crippen molar-refractivity contribution in [2.75, 3.05) is 26.7 Å². The summed E-state index contributed by atoms with van der Waals surface area (Å²) in [5.74, 6) is 0.801. The number of nitrogens with one attached hydrogen (secondary N) is 1. The van der Waals surface area contributed by atoms with Crippen molar-refractivity contribution in [3.8, 4) is 0 Å². The van der Waals surface area contributed by atoms with Crippen molar-refractivity contribution in [3.63, 3.8) is 0 Å². The molecule has 2 saturated heterocycles. The van der Waals surface area contributed by atoms with E-state index < -0.39 is 0 Å². The van der Waals surface area contributed by atoms with Gasteiger partial charge in [0.05, 0.1) is 6.10 Å². The molecule has 3 heteroatoms. The number of nitrogens with zero attached hydrogens (tertiary/aromatic N) is 1. The molecular formula is C12H22N2O. The molecule has 3 rings (SSSR count). The largest absolute Gasteiger partial charge is 0.357 e. The Bertz CT molecular complexity index is 236. The van der Waals surface area contributed by atoms with E-state index in [9.17, 15) is 0 Å². The zero-order chi connectivity index (χ0) is 10.3. The summed E-state index contributed by atoms with van der Waals surface area (Å²) in [6.07, 6.45) is 6.92. The highest BCUT2D eigenvalue weighted by molar-refractivity contribution is 4.94. The topological polar surface area (TPSA) is 24.5 Å². The van der Waals surface area contributed by atoms with E-state index >= 15 is 0 Å². The van der Waals surface area contributed by atoms with Crippen LogP contribution >= 0.6 is 0 Å². The van der Waals surface area contributed by atoms with Crippen molar-refractivity contribution in [2.45, 2.75) is 43.9 Å². The summed E-state index contributed by atoms with van der Waals surface area (Å²) in [5.41, 5.74) is 0.0397. The summed E-state index contributed by atoms with van der Waals surface area (Å²) in [4.78, 5) is 2.40. The van der Waals surface area contributed by atoms with E-state index in [4.69, 9.17) is 4.74 Å². The molecule has 1 saturated carbocycles. The average molecular weight is 210 g/mol. The normalized spacial score (nSPS) is 40.6. The maximum atomic E-state index is 6.35. The van der Waals surface area contributed by atoms with Crippen LogP contribution in [-0.4, -0.2) is 43.4 Å². The molecule has 0 bridgehead atoms. The summed E-state index contributed by atoms with van der Waals surface area (Å²) in [6.45, 7) is 3.53. The molecule has 3 fully saturated rings. The number of ether oxygens (including phenoxy) is 1. The smallest absolute Gasteiger partial charge is 0.122 e. The number of fused-ring (bicyclic) bond motifs is 1. The van der Waals surface area contributed by atoms with Crippen LogP contribution in [0.2, 0.25) is 0 Å². The predicted octanol–water partition coefficient (Wildman–Crippen LogP) is 1.20. The zero-order valence-electron chi connectivity index (χ0n) is 9.67. The highest BCUT2D eigenvalue weighted by Crippen LogP contribution is 2.37. The lowest BCUT2D eigenvalue weighted by Crippen LogP contribution is -2.61. The van der Waals surface area contributed by atoms with Crippen LogP contribution in [0.4, 0.5) is 0 Å². The third-order valence-electron chi connectivity index (χ3n) is 4.45. The number of hydrogen-bond acceptors (Lipinski definition) is 3. The Balaban J connectivity index is 1.67. The molecule has 3 nitrogen and oxygen atoms in total.